The maximum absolute atomic E-state index is 11.8. The number of amides is 1. The van der Waals surface area contributed by atoms with Gasteiger partial charge in [-0.3, -0.25) is 4.79 Å². The second-order valence-electron chi connectivity index (χ2n) is 4.45. The van der Waals surface area contributed by atoms with E-state index in [1.54, 1.807) is 0 Å². The number of benzene rings is 1. The molecule has 0 saturated carbocycles. The fraction of sp³-hybridized carbons (Fsp3) is 0.462. The second kappa shape index (κ2) is 7.17. The summed E-state index contributed by atoms with van der Waals surface area (Å²) in [6.07, 6.45) is 1.05. The number of hydrogen-bond donors (Lipinski definition) is 1. The number of halogens is 2. The Labute approximate surface area is 119 Å². The first-order valence-electron chi connectivity index (χ1n) is 5.67. The van der Waals surface area contributed by atoms with Crippen LogP contribution in [0.4, 0.5) is 0 Å². The molecular formula is C13H17Br2NO. The molecule has 1 rings (SSSR count). The zero-order valence-electron chi connectivity index (χ0n) is 10.0. The Kier molecular flexibility index (Phi) is 6.20. The highest BCUT2D eigenvalue weighted by Crippen LogP contribution is 2.13. The monoisotopic (exact) mass is 361 g/mol. The van der Waals surface area contributed by atoms with Gasteiger partial charge in [-0.1, -0.05) is 51.8 Å². The van der Waals surface area contributed by atoms with Gasteiger partial charge in [0.25, 0.3) is 5.91 Å². The van der Waals surface area contributed by atoms with Crippen LogP contribution in [0.1, 0.15) is 30.6 Å². The molecule has 0 radical (unpaired) electrons. The van der Waals surface area contributed by atoms with E-state index in [1.165, 1.54) is 0 Å². The number of carbonyl (C=O) groups is 1. The van der Waals surface area contributed by atoms with Gasteiger partial charge in [-0.15, -0.1) is 0 Å². The van der Waals surface area contributed by atoms with Crippen molar-refractivity contribution >= 4 is 37.8 Å². The summed E-state index contributed by atoms with van der Waals surface area (Å²) >= 11 is 6.92. The van der Waals surface area contributed by atoms with Gasteiger partial charge in [0.05, 0.1) is 0 Å². The molecule has 1 atom stereocenters. The number of carbonyl (C=O) groups excluding carboxylic acids is 1. The van der Waals surface area contributed by atoms with Crippen LogP contribution in [0.3, 0.4) is 0 Å². The molecule has 1 unspecified atom stereocenters. The van der Waals surface area contributed by atoms with Crippen LogP contribution in [-0.4, -0.2) is 17.3 Å². The zero-order valence-corrected chi connectivity index (χ0v) is 13.2. The summed E-state index contributed by atoms with van der Waals surface area (Å²) in [6, 6.07) is 7.40. The smallest absolute Gasteiger partial charge is 0.251 e. The van der Waals surface area contributed by atoms with Crippen LogP contribution in [0.2, 0.25) is 0 Å². The van der Waals surface area contributed by atoms with E-state index in [4.69, 9.17) is 0 Å². The molecule has 0 fully saturated rings. The van der Waals surface area contributed by atoms with Crippen molar-refractivity contribution in [3.8, 4) is 0 Å². The fourth-order valence-corrected chi connectivity index (χ4v) is 2.84. The molecule has 1 aromatic carbocycles. The van der Waals surface area contributed by atoms with E-state index in [9.17, 15) is 4.79 Å². The highest BCUT2D eigenvalue weighted by molar-refractivity contribution is 9.10. The van der Waals surface area contributed by atoms with Gasteiger partial charge in [-0.2, -0.15) is 0 Å². The zero-order chi connectivity index (χ0) is 12.8. The molecule has 4 heteroatoms. The predicted molar refractivity (Wildman–Crippen MR) is 78.6 cm³/mol. The summed E-state index contributed by atoms with van der Waals surface area (Å²) in [4.78, 5) is 12.2. The molecule has 0 bridgehead atoms. The van der Waals surface area contributed by atoms with Crippen molar-refractivity contribution in [2.75, 3.05) is 6.54 Å². The minimum atomic E-state index is -0.0282. The van der Waals surface area contributed by atoms with E-state index in [2.05, 4.69) is 51.0 Å². The van der Waals surface area contributed by atoms with E-state index in [0.717, 1.165) is 10.9 Å². The molecule has 0 saturated heterocycles. The summed E-state index contributed by atoms with van der Waals surface area (Å²) < 4.78 is 0.919. The Bertz CT molecular complexity index is 379. The van der Waals surface area contributed by atoms with E-state index in [0.29, 0.717) is 22.9 Å². The summed E-state index contributed by atoms with van der Waals surface area (Å²) in [6.45, 7) is 5.00. The highest BCUT2D eigenvalue weighted by atomic mass is 79.9. The molecular weight excluding hydrogens is 346 g/mol. The van der Waals surface area contributed by atoms with Gasteiger partial charge in [0.1, 0.15) is 0 Å². The Hall–Kier alpha value is -0.350. The molecule has 0 heterocycles. The molecule has 17 heavy (non-hydrogen) atoms. The average Bonchev–Trinajstić information content (AvgIpc) is 2.25. The second-order valence-corrected chi connectivity index (χ2v) is 6.66. The minimum Gasteiger partial charge on any atom is -0.351 e. The lowest BCUT2D eigenvalue weighted by molar-refractivity contribution is 0.0953. The van der Waals surface area contributed by atoms with Gasteiger partial charge in [0, 0.05) is 21.4 Å². The van der Waals surface area contributed by atoms with E-state index < -0.39 is 0 Å². The van der Waals surface area contributed by atoms with Crippen LogP contribution in [-0.2, 0) is 0 Å². The lowest BCUT2D eigenvalue weighted by Crippen LogP contribution is -2.30. The van der Waals surface area contributed by atoms with Gasteiger partial charge < -0.3 is 5.32 Å². The minimum absolute atomic E-state index is 0.0282. The molecule has 0 aliphatic rings. The Morgan fingerprint density at radius 2 is 2.12 bits per heavy atom. The fourth-order valence-electron chi connectivity index (χ4n) is 1.53. The van der Waals surface area contributed by atoms with E-state index in [-0.39, 0.29) is 5.91 Å². The number of nitrogens with one attached hydrogen (secondary N) is 1. The van der Waals surface area contributed by atoms with Crippen molar-refractivity contribution in [3.63, 3.8) is 0 Å². The lowest BCUT2D eigenvalue weighted by Gasteiger charge is -2.13. The van der Waals surface area contributed by atoms with Crippen LogP contribution in [0.15, 0.2) is 28.7 Å². The topological polar surface area (TPSA) is 29.1 Å². The van der Waals surface area contributed by atoms with Crippen LogP contribution in [0.5, 0.6) is 0 Å². The van der Waals surface area contributed by atoms with Crippen molar-refractivity contribution in [1.82, 2.24) is 5.32 Å². The Morgan fingerprint density at radius 1 is 1.41 bits per heavy atom. The standard InChI is InChI=1S/C13H17Br2NO/c1-9(2)6-12(15)8-16-13(17)10-4-3-5-11(14)7-10/h3-5,7,9,12H,6,8H2,1-2H3,(H,16,17). The first kappa shape index (κ1) is 14.7. The van der Waals surface area contributed by atoms with Crippen molar-refractivity contribution in [3.05, 3.63) is 34.3 Å². The van der Waals surface area contributed by atoms with Crippen molar-refractivity contribution in [2.45, 2.75) is 25.1 Å². The summed E-state index contributed by atoms with van der Waals surface area (Å²) in [5, 5.41) is 2.92. The molecule has 0 aromatic heterocycles. The van der Waals surface area contributed by atoms with Gasteiger partial charge in [0.15, 0.2) is 0 Å². The first-order chi connectivity index (χ1) is 7.99. The maximum Gasteiger partial charge on any atom is 0.251 e. The number of alkyl halides is 1. The Morgan fingerprint density at radius 3 is 2.71 bits per heavy atom. The maximum atomic E-state index is 11.8. The van der Waals surface area contributed by atoms with Gasteiger partial charge in [0.2, 0.25) is 0 Å². The van der Waals surface area contributed by atoms with Crippen molar-refractivity contribution < 1.29 is 4.79 Å². The van der Waals surface area contributed by atoms with Gasteiger partial charge in [-0.25, -0.2) is 0 Å². The normalized spacial score (nSPS) is 12.5. The first-order valence-corrected chi connectivity index (χ1v) is 7.37. The third-order valence-electron chi connectivity index (χ3n) is 2.30. The molecule has 2 nitrogen and oxygen atoms in total. The van der Waals surface area contributed by atoms with Crippen LogP contribution >= 0.6 is 31.9 Å². The van der Waals surface area contributed by atoms with Crippen LogP contribution in [0, 0.1) is 5.92 Å². The molecule has 0 aliphatic carbocycles. The quantitative estimate of drug-likeness (QED) is 0.788. The molecule has 1 N–H and O–H groups in total. The number of hydrogen-bond acceptors (Lipinski definition) is 1. The van der Waals surface area contributed by atoms with E-state index >= 15 is 0 Å². The third kappa shape index (κ3) is 5.68. The molecule has 0 aliphatic heterocycles. The molecule has 1 aromatic rings. The van der Waals surface area contributed by atoms with Crippen molar-refractivity contribution in [1.29, 1.82) is 0 Å². The highest BCUT2D eigenvalue weighted by Gasteiger charge is 2.10. The number of rotatable bonds is 5. The summed E-state index contributed by atoms with van der Waals surface area (Å²) in [7, 11) is 0. The molecule has 94 valence electrons. The molecule has 0 spiro atoms. The van der Waals surface area contributed by atoms with Gasteiger partial charge >= 0.3 is 0 Å². The largest absolute Gasteiger partial charge is 0.351 e. The molecule has 1 amide bonds. The van der Waals surface area contributed by atoms with Crippen LogP contribution < -0.4 is 5.32 Å². The summed E-state index contributed by atoms with van der Waals surface area (Å²) in [5.41, 5.74) is 0.684. The van der Waals surface area contributed by atoms with E-state index in [1.807, 2.05) is 24.3 Å². The van der Waals surface area contributed by atoms with Crippen molar-refractivity contribution in [2.24, 2.45) is 5.92 Å². The average molecular weight is 363 g/mol. The van der Waals surface area contributed by atoms with Gasteiger partial charge in [-0.05, 0) is 30.5 Å². The summed E-state index contributed by atoms with van der Waals surface area (Å²) in [5.74, 6) is 0.599. The lowest BCUT2D eigenvalue weighted by atomic mass is 10.1. The predicted octanol–water partition coefficient (Wildman–Crippen LogP) is 3.99. The SMILES string of the molecule is CC(C)CC(Br)CNC(=O)c1cccc(Br)c1. The third-order valence-corrected chi connectivity index (χ3v) is 3.49. The Balaban J connectivity index is 2.45. The van der Waals surface area contributed by atoms with Crippen LogP contribution in [0.25, 0.3) is 0 Å².